The molecule has 0 N–H and O–H groups in total. The lowest BCUT2D eigenvalue weighted by molar-refractivity contribution is -0.140. The molecular formula is C13H17NO3. The molecule has 17 heavy (non-hydrogen) atoms. The maximum atomic E-state index is 10.6. The number of oxime groups is 1. The van der Waals surface area contributed by atoms with Gasteiger partial charge in [-0.3, -0.25) is 0 Å². The molecule has 0 aromatic heterocycles. The van der Waals surface area contributed by atoms with Crippen molar-refractivity contribution in [1.82, 2.24) is 0 Å². The Morgan fingerprint density at radius 3 is 2.41 bits per heavy atom. The largest absolute Gasteiger partial charge is 0.493 e. The molecule has 0 aliphatic heterocycles. The molecule has 0 saturated carbocycles. The van der Waals surface area contributed by atoms with E-state index < -0.39 is 5.97 Å². The van der Waals surface area contributed by atoms with Crippen LogP contribution in [0.2, 0.25) is 0 Å². The van der Waals surface area contributed by atoms with E-state index in [-0.39, 0.29) is 0 Å². The maximum absolute atomic E-state index is 10.6. The Hall–Kier alpha value is -1.84. The fourth-order valence-corrected chi connectivity index (χ4v) is 1.59. The highest BCUT2D eigenvalue weighted by molar-refractivity contribution is 5.81. The Kier molecular flexibility index (Phi) is 4.69. The Labute approximate surface area is 101 Å². The molecule has 1 aromatic carbocycles. The highest BCUT2D eigenvalue weighted by atomic mass is 16.7. The van der Waals surface area contributed by atoms with Crippen LogP contribution < -0.4 is 4.74 Å². The highest BCUT2D eigenvalue weighted by Crippen LogP contribution is 2.24. The predicted molar refractivity (Wildman–Crippen MR) is 66.4 cm³/mol. The lowest BCUT2D eigenvalue weighted by Crippen LogP contribution is -1.98. The van der Waals surface area contributed by atoms with Gasteiger partial charge in [0.2, 0.25) is 0 Å². The highest BCUT2D eigenvalue weighted by Gasteiger charge is 2.04. The number of carbonyl (C=O) groups excluding carboxylic acids is 1. The van der Waals surface area contributed by atoms with Gasteiger partial charge in [-0.2, -0.15) is 0 Å². The molecule has 0 saturated heterocycles. The first-order valence-corrected chi connectivity index (χ1v) is 5.49. The number of rotatable bonds is 4. The van der Waals surface area contributed by atoms with Crippen molar-refractivity contribution < 1.29 is 14.4 Å². The normalized spacial score (nSPS) is 10.6. The van der Waals surface area contributed by atoms with E-state index in [0.717, 1.165) is 22.4 Å². The van der Waals surface area contributed by atoms with Crippen molar-refractivity contribution in [2.24, 2.45) is 5.16 Å². The lowest BCUT2D eigenvalue weighted by atomic mass is 10.1. The fraction of sp³-hybridized carbons (Fsp3) is 0.385. The summed E-state index contributed by atoms with van der Waals surface area (Å²) in [5.74, 6) is 0.470. The molecule has 0 amide bonds. The van der Waals surface area contributed by atoms with Crippen molar-refractivity contribution >= 4 is 12.2 Å². The van der Waals surface area contributed by atoms with Crippen LogP contribution >= 0.6 is 0 Å². The zero-order valence-electron chi connectivity index (χ0n) is 10.6. The zero-order valence-corrected chi connectivity index (χ0v) is 10.6. The standard InChI is InChI=1S/C13H17NO3/c1-5-16-13-9(2)6-12(7-10(13)3)8-14-17-11(4)15/h6-8H,5H2,1-4H3/b14-8-. The molecule has 1 rings (SSSR count). The first kappa shape index (κ1) is 13.2. The molecule has 0 unspecified atom stereocenters. The fourth-order valence-electron chi connectivity index (χ4n) is 1.59. The third kappa shape index (κ3) is 3.90. The summed E-state index contributed by atoms with van der Waals surface area (Å²) in [5.41, 5.74) is 2.96. The van der Waals surface area contributed by atoms with Gasteiger partial charge >= 0.3 is 5.97 Å². The smallest absolute Gasteiger partial charge is 0.331 e. The van der Waals surface area contributed by atoms with Gasteiger partial charge in [-0.1, -0.05) is 5.16 Å². The number of aryl methyl sites for hydroxylation is 2. The van der Waals surface area contributed by atoms with Crippen molar-refractivity contribution in [3.05, 3.63) is 28.8 Å². The van der Waals surface area contributed by atoms with Gasteiger partial charge in [0.1, 0.15) is 5.75 Å². The van der Waals surface area contributed by atoms with Crippen LogP contribution in [0.3, 0.4) is 0 Å². The van der Waals surface area contributed by atoms with Gasteiger partial charge in [0.15, 0.2) is 0 Å². The predicted octanol–water partition coefficient (Wildman–Crippen LogP) is 2.60. The Morgan fingerprint density at radius 1 is 1.35 bits per heavy atom. The summed E-state index contributed by atoms with van der Waals surface area (Å²) in [6.07, 6.45) is 1.51. The summed E-state index contributed by atoms with van der Waals surface area (Å²) < 4.78 is 5.54. The monoisotopic (exact) mass is 235 g/mol. The summed E-state index contributed by atoms with van der Waals surface area (Å²) in [7, 11) is 0. The van der Waals surface area contributed by atoms with Gasteiger partial charge in [0.05, 0.1) is 12.8 Å². The zero-order chi connectivity index (χ0) is 12.8. The molecule has 4 heteroatoms. The van der Waals surface area contributed by atoms with Crippen molar-refractivity contribution in [2.75, 3.05) is 6.61 Å². The van der Waals surface area contributed by atoms with Crippen LogP contribution in [-0.2, 0) is 9.63 Å². The van der Waals surface area contributed by atoms with E-state index in [1.165, 1.54) is 13.1 Å². The molecule has 0 heterocycles. The summed E-state index contributed by atoms with van der Waals surface area (Å²) in [4.78, 5) is 15.1. The van der Waals surface area contributed by atoms with Crippen LogP contribution in [0.25, 0.3) is 0 Å². The minimum absolute atomic E-state index is 0.430. The molecule has 4 nitrogen and oxygen atoms in total. The number of hydrogen-bond acceptors (Lipinski definition) is 4. The van der Waals surface area contributed by atoms with Gasteiger partial charge in [0, 0.05) is 6.92 Å². The molecule has 0 fully saturated rings. The Balaban J connectivity index is 2.90. The minimum atomic E-state index is -0.430. The van der Waals surface area contributed by atoms with E-state index in [0.29, 0.717) is 6.61 Å². The summed E-state index contributed by atoms with van der Waals surface area (Å²) in [5, 5.41) is 3.58. The van der Waals surface area contributed by atoms with Gasteiger partial charge in [-0.15, -0.1) is 0 Å². The maximum Gasteiger partial charge on any atom is 0.331 e. The molecule has 0 bridgehead atoms. The summed E-state index contributed by atoms with van der Waals surface area (Å²) in [6.45, 7) is 7.85. The minimum Gasteiger partial charge on any atom is -0.493 e. The van der Waals surface area contributed by atoms with Crippen LogP contribution in [0.4, 0.5) is 0 Å². The SMILES string of the molecule is CCOc1c(C)cc(/C=N\OC(C)=O)cc1C. The number of nitrogens with zero attached hydrogens (tertiary/aromatic N) is 1. The Bertz CT molecular complexity index is 415. The van der Waals surface area contributed by atoms with Crippen molar-refractivity contribution in [3.63, 3.8) is 0 Å². The molecule has 0 atom stereocenters. The van der Waals surface area contributed by atoms with Gasteiger partial charge < -0.3 is 9.57 Å². The topological polar surface area (TPSA) is 47.9 Å². The third-order valence-corrected chi connectivity index (χ3v) is 2.15. The second-order valence-corrected chi connectivity index (χ2v) is 3.73. The van der Waals surface area contributed by atoms with E-state index in [1.807, 2.05) is 32.9 Å². The van der Waals surface area contributed by atoms with E-state index >= 15 is 0 Å². The summed E-state index contributed by atoms with van der Waals surface area (Å²) in [6, 6.07) is 3.87. The molecule has 0 aliphatic rings. The number of ether oxygens (including phenoxy) is 1. The summed E-state index contributed by atoms with van der Waals surface area (Å²) >= 11 is 0. The lowest BCUT2D eigenvalue weighted by Gasteiger charge is -2.11. The van der Waals surface area contributed by atoms with Crippen LogP contribution in [0.15, 0.2) is 17.3 Å². The van der Waals surface area contributed by atoms with Gasteiger partial charge in [0.25, 0.3) is 0 Å². The first-order chi connectivity index (χ1) is 8.04. The molecule has 0 radical (unpaired) electrons. The van der Waals surface area contributed by atoms with Crippen molar-refractivity contribution in [3.8, 4) is 5.75 Å². The number of hydrogen-bond donors (Lipinski definition) is 0. The van der Waals surface area contributed by atoms with E-state index in [4.69, 9.17) is 4.74 Å². The quantitative estimate of drug-likeness (QED) is 0.458. The molecular weight excluding hydrogens is 218 g/mol. The van der Waals surface area contributed by atoms with E-state index in [9.17, 15) is 4.79 Å². The average molecular weight is 235 g/mol. The van der Waals surface area contributed by atoms with Gasteiger partial charge in [-0.25, -0.2) is 4.79 Å². The van der Waals surface area contributed by atoms with Crippen molar-refractivity contribution in [2.45, 2.75) is 27.7 Å². The van der Waals surface area contributed by atoms with Gasteiger partial charge in [-0.05, 0) is 49.6 Å². The Morgan fingerprint density at radius 2 is 1.94 bits per heavy atom. The molecule has 92 valence electrons. The van der Waals surface area contributed by atoms with Crippen LogP contribution in [0.5, 0.6) is 5.75 Å². The van der Waals surface area contributed by atoms with E-state index in [2.05, 4.69) is 9.99 Å². The number of benzene rings is 1. The number of carbonyl (C=O) groups is 1. The third-order valence-electron chi connectivity index (χ3n) is 2.15. The second-order valence-electron chi connectivity index (χ2n) is 3.73. The second kappa shape index (κ2) is 6.03. The van der Waals surface area contributed by atoms with Crippen LogP contribution in [0.1, 0.15) is 30.5 Å². The van der Waals surface area contributed by atoms with Crippen LogP contribution in [-0.4, -0.2) is 18.8 Å². The van der Waals surface area contributed by atoms with E-state index in [1.54, 1.807) is 0 Å². The molecule has 1 aromatic rings. The first-order valence-electron chi connectivity index (χ1n) is 5.49. The van der Waals surface area contributed by atoms with Crippen LogP contribution in [0, 0.1) is 13.8 Å². The molecule has 0 spiro atoms. The average Bonchev–Trinajstić information content (AvgIpc) is 2.23. The van der Waals surface area contributed by atoms with Crippen molar-refractivity contribution in [1.29, 1.82) is 0 Å². The molecule has 0 aliphatic carbocycles.